The molecule has 9 heteroatoms. The van der Waals surface area contributed by atoms with Crippen molar-refractivity contribution in [1.29, 1.82) is 0 Å². The van der Waals surface area contributed by atoms with Crippen LogP contribution in [0, 0.1) is 0 Å². The van der Waals surface area contributed by atoms with Crippen LogP contribution < -0.4 is 0 Å². The number of hydrogen-bond acceptors (Lipinski definition) is 6. The zero-order valence-corrected chi connectivity index (χ0v) is 12.9. The number of carbonyl (C=O) groups is 3. The van der Waals surface area contributed by atoms with Crippen LogP contribution in [0.5, 0.6) is 0 Å². The summed E-state index contributed by atoms with van der Waals surface area (Å²) in [5.41, 5.74) is 0. The van der Waals surface area contributed by atoms with Crippen LogP contribution in [0.4, 0.5) is 0 Å². The number of rotatable bonds is 6. The van der Waals surface area contributed by atoms with Crippen molar-refractivity contribution in [2.75, 3.05) is 33.0 Å². The Labute approximate surface area is 124 Å². The van der Waals surface area contributed by atoms with Gasteiger partial charge in [0.05, 0.1) is 26.4 Å². The molecule has 0 aliphatic rings. The smallest absolute Gasteiger partial charge is 0.300 e. The predicted molar refractivity (Wildman–Crippen MR) is 74.3 cm³/mol. The Morgan fingerprint density at radius 3 is 1.29 bits per heavy atom. The third kappa shape index (κ3) is 264. The van der Waals surface area contributed by atoms with Gasteiger partial charge < -0.3 is 29.9 Å². The van der Waals surface area contributed by atoms with Crippen LogP contribution in [-0.4, -0.2) is 71.4 Å². The van der Waals surface area contributed by atoms with E-state index in [0.29, 0.717) is 19.8 Å². The standard InChI is InChI=1S/C6H14O3.3C2H4O2/c1-2-8-5-6-9-4-3-7;3*1-2(3)4/h7H,2-6H2,1H3;3*1H3,(H,3,4). The van der Waals surface area contributed by atoms with Gasteiger partial charge in [-0.05, 0) is 6.92 Å². The summed E-state index contributed by atoms with van der Waals surface area (Å²) in [6.45, 7) is 7.61. The highest BCUT2D eigenvalue weighted by Gasteiger charge is 1.84. The third-order valence-corrected chi connectivity index (χ3v) is 0.812. The number of carboxylic acid groups (broad SMARTS) is 3. The van der Waals surface area contributed by atoms with E-state index >= 15 is 0 Å². The average molecular weight is 314 g/mol. The van der Waals surface area contributed by atoms with Crippen LogP contribution in [0.15, 0.2) is 0 Å². The summed E-state index contributed by atoms with van der Waals surface area (Å²) in [5.74, 6) is -2.50. The minimum Gasteiger partial charge on any atom is -0.481 e. The van der Waals surface area contributed by atoms with Gasteiger partial charge in [-0.3, -0.25) is 14.4 Å². The number of aliphatic hydroxyl groups is 1. The van der Waals surface area contributed by atoms with Crippen LogP contribution in [-0.2, 0) is 23.9 Å². The molecule has 0 aliphatic heterocycles. The molecule has 0 saturated carbocycles. The highest BCUT2D eigenvalue weighted by atomic mass is 16.5. The van der Waals surface area contributed by atoms with E-state index in [2.05, 4.69) is 0 Å². The largest absolute Gasteiger partial charge is 0.481 e. The van der Waals surface area contributed by atoms with Gasteiger partial charge in [0, 0.05) is 27.4 Å². The first-order valence-electron chi connectivity index (χ1n) is 5.96. The second kappa shape index (κ2) is 26.8. The lowest BCUT2D eigenvalue weighted by molar-refractivity contribution is -0.135. The van der Waals surface area contributed by atoms with Gasteiger partial charge in [-0.15, -0.1) is 0 Å². The summed E-state index contributed by atoms with van der Waals surface area (Å²) in [6, 6.07) is 0. The maximum atomic E-state index is 9.00. The van der Waals surface area contributed by atoms with Crippen LogP contribution in [0.3, 0.4) is 0 Å². The van der Waals surface area contributed by atoms with Gasteiger partial charge in [0.25, 0.3) is 17.9 Å². The van der Waals surface area contributed by atoms with E-state index in [4.69, 9.17) is 44.3 Å². The van der Waals surface area contributed by atoms with Gasteiger partial charge in [0.2, 0.25) is 0 Å². The Hall–Kier alpha value is -1.71. The van der Waals surface area contributed by atoms with Gasteiger partial charge in [0.1, 0.15) is 0 Å². The molecule has 4 N–H and O–H groups in total. The number of aliphatic hydroxyl groups excluding tert-OH is 1. The number of aliphatic carboxylic acids is 3. The van der Waals surface area contributed by atoms with Crippen molar-refractivity contribution < 1.29 is 44.3 Å². The molecule has 9 nitrogen and oxygen atoms in total. The molecule has 0 heterocycles. The molecular weight excluding hydrogens is 288 g/mol. The van der Waals surface area contributed by atoms with Gasteiger partial charge >= 0.3 is 0 Å². The van der Waals surface area contributed by atoms with Crippen molar-refractivity contribution in [2.45, 2.75) is 27.7 Å². The molecule has 0 atom stereocenters. The number of carboxylic acids is 3. The second-order valence-corrected chi connectivity index (χ2v) is 3.09. The van der Waals surface area contributed by atoms with E-state index in [9.17, 15) is 0 Å². The van der Waals surface area contributed by atoms with Crippen LogP contribution in [0.1, 0.15) is 27.7 Å². The van der Waals surface area contributed by atoms with Gasteiger partial charge in [-0.1, -0.05) is 0 Å². The summed E-state index contributed by atoms with van der Waals surface area (Å²) >= 11 is 0. The lowest BCUT2D eigenvalue weighted by Gasteiger charge is -2.00. The van der Waals surface area contributed by atoms with E-state index in [1.807, 2.05) is 6.92 Å². The maximum absolute atomic E-state index is 9.00. The molecule has 0 bridgehead atoms. The lowest BCUT2D eigenvalue weighted by Crippen LogP contribution is -2.06. The molecule has 0 fully saturated rings. The maximum Gasteiger partial charge on any atom is 0.300 e. The minimum absolute atomic E-state index is 0.0894. The van der Waals surface area contributed by atoms with E-state index in [0.717, 1.165) is 27.4 Å². The molecular formula is C12H26O9. The highest BCUT2D eigenvalue weighted by Crippen LogP contribution is 1.76. The number of hydrogen-bond donors (Lipinski definition) is 4. The molecule has 0 saturated heterocycles. The zero-order chi connectivity index (χ0) is 17.7. The Morgan fingerprint density at radius 1 is 0.762 bits per heavy atom. The normalized spacial score (nSPS) is 7.86. The van der Waals surface area contributed by atoms with E-state index in [-0.39, 0.29) is 6.61 Å². The first-order chi connectivity index (χ1) is 9.61. The first-order valence-corrected chi connectivity index (χ1v) is 5.96. The second-order valence-electron chi connectivity index (χ2n) is 3.09. The van der Waals surface area contributed by atoms with Gasteiger partial charge in [-0.2, -0.15) is 0 Å². The summed E-state index contributed by atoms with van der Waals surface area (Å²) < 4.78 is 9.88. The molecule has 21 heavy (non-hydrogen) atoms. The van der Waals surface area contributed by atoms with Gasteiger partial charge in [-0.25, -0.2) is 0 Å². The Bertz CT molecular complexity index is 194. The summed E-state index contributed by atoms with van der Waals surface area (Å²) in [7, 11) is 0. The average Bonchev–Trinajstić information content (AvgIpc) is 2.26. The fourth-order valence-corrected chi connectivity index (χ4v) is 0.429. The van der Waals surface area contributed by atoms with Crippen LogP contribution in [0.25, 0.3) is 0 Å². The fraction of sp³-hybridized carbons (Fsp3) is 0.750. The monoisotopic (exact) mass is 314 g/mol. The molecule has 0 aromatic carbocycles. The van der Waals surface area contributed by atoms with E-state index in [1.54, 1.807) is 0 Å². The quantitative estimate of drug-likeness (QED) is 0.507. The van der Waals surface area contributed by atoms with Crippen molar-refractivity contribution in [3.63, 3.8) is 0 Å². The molecule has 0 amide bonds. The SMILES string of the molecule is CC(=O)O.CC(=O)O.CC(=O)O.CCOCCOCCO. The predicted octanol–water partition coefficient (Wildman–Crippen LogP) is 0.305. The Kier molecular flexibility index (Phi) is 35.2. The van der Waals surface area contributed by atoms with Crippen LogP contribution >= 0.6 is 0 Å². The van der Waals surface area contributed by atoms with Crippen molar-refractivity contribution in [3.8, 4) is 0 Å². The minimum atomic E-state index is -0.833. The Morgan fingerprint density at radius 2 is 1.05 bits per heavy atom. The Balaban J connectivity index is -0.000000102. The lowest BCUT2D eigenvalue weighted by atomic mass is 10.7. The third-order valence-electron chi connectivity index (χ3n) is 0.812. The molecule has 0 aromatic heterocycles. The summed E-state index contributed by atoms with van der Waals surface area (Å²) in [6.07, 6.45) is 0. The van der Waals surface area contributed by atoms with E-state index < -0.39 is 17.9 Å². The van der Waals surface area contributed by atoms with Crippen molar-refractivity contribution in [3.05, 3.63) is 0 Å². The summed E-state index contributed by atoms with van der Waals surface area (Å²) in [5, 5.41) is 30.5. The summed E-state index contributed by atoms with van der Waals surface area (Å²) in [4.78, 5) is 27.0. The molecule has 0 aromatic rings. The molecule has 0 radical (unpaired) electrons. The van der Waals surface area contributed by atoms with E-state index in [1.165, 1.54) is 0 Å². The van der Waals surface area contributed by atoms with Crippen molar-refractivity contribution >= 4 is 17.9 Å². The number of ether oxygens (including phenoxy) is 2. The van der Waals surface area contributed by atoms with Crippen molar-refractivity contribution in [1.82, 2.24) is 0 Å². The van der Waals surface area contributed by atoms with Crippen LogP contribution in [0.2, 0.25) is 0 Å². The fourth-order valence-electron chi connectivity index (χ4n) is 0.429. The zero-order valence-electron chi connectivity index (χ0n) is 12.9. The van der Waals surface area contributed by atoms with Crippen molar-refractivity contribution in [2.24, 2.45) is 0 Å². The first kappa shape index (κ1) is 27.6. The molecule has 0 unspecified atom stereocenters. The molecule has 0 spiro atoms. The molecule has 0 aliphatic carbocycles. The molecule has 0 rings (SSSR count). The molecule has 128 valence electrons. The topological polar surface area (TPSA) is 151 Å². The highest BCUT2D eigenvalue weighted by molar-refractivity contribution is 5.63. The van der Waals surface area contributed by atoms with Gasteiger partial charge in [0.15, 0.2) is 0 Å².